The minimum atomic E-state index is -1.46. The standard InChI is InChI=1S/C28H34N4O5/c1-8-32(26(35)22(16-23(29)33)31-27(36)37-28(5,6)7)24(20-14-17(2)13-18(3)15-20)25(34)30-21-12-10-9-11-19(21)4/h1,9-15,22,24H,16H2,2-7H3,(H2,29,33)(H,30,34)(H,31,36). The highest BCUT2D eigenvalue weighted by Crippen LogP contribution is 2.27. The van der Waals surface area contributed by atoms with Crippen LogP contribution >= 0.6 is 0 Å². The van der Waals surface area contributed by atoms with Gasteiger partial charge in [-0.1, -0.05) is 53.9 Å². The zero-order valence-electron chi connectivity index (χ0n) is 22.0. The maximum Gasteiger partial charge on any atom is 0.408 e. The average molecular weight is 507 g/mol. The van der Waals surface area contributed by atoms with Gasteiger partial charge in [-0.3, -0.25) is 19.3 Å². The molecule has 0 aliphatic heterocycles. The van der Waals surface area contributed by atoms with Crippen molar-refractivity contribution >= 4 is 29.5 Å². The lowest BCUT2D eigenvalue weighted by molar-refractivity contribution is -0.138. The summed E-state index contributed by atoms with van der Waals surface area (Å²) in [4.78, 5) is 52.3. The SMILES string of the molecule is C#CN(C(=O)C(CC(N)=O)NC(=O)OC(C)(C)C)C(C(=O)Nc1ccccc1C)c1cc(C)cc(C)c1. The van der Waals surface area contributed by atoms with E-state index in [0.717, 1.165) is 21.6 Å². The number of nitrogens with one attached hydrogen (secondary N) is 2. The van der Waals surface area contributed by atoms with Crippen molar-refractivity contribution in [3.63, 3.8) is 0 Å². The zero-order valence-corrected chi connectivity index (χ0v) is 22.0. The molecule has 0 saturated carbocycles. The predicted molar refractivity (Wildman–Crippen MR) is 141 cm³/mol. The van der Waals surface area contributed by atoms with Crippen molar-refractivity contribution in [3.05, 3.63) is 64.7 Å². The quantitative estimate of drug-likeness (QED) is 0.373. The van der Waals surface area contributed by atoms with Crippen LogP contribution in [0.4, 0.5) is 10.5 Å². The fraction of sp³-hybridized carbons (Fsp3) is 0.357. The van der Waals surface area contributed by atoms with Crippen LogP contribution in [0.3, 0.4) is 0 Å². The van der Waals surface area contributed by atoms with E-state index in [9.17, 15) is 19.2 Å². The lowest BCUT2D eigenvalue weighted by Gasteiger charge is -2.30. The van der Waals surface area contributed by atoms with Crippen molar-refractivity contribution in [1.82, 2.24) is 10.2 Å². The van der Waals surface area contributed by atoms with E-state index in [2.05, 4.69) is 16.7 Å². The number of carbonyl (C=O) groups is 4. The maximum atomic E-state index is 13.6. The molecule has 4 N–H and O–H groups in total. The zero-order chi connectivity index (χ0) is 27.9. The summed E-state index contributed by atoms with van der Waals surface area (Å²) in [5, 5.41) is 5.20. The van der Waals surface area contributed by atoms with E-state index in [1.165, 1.54) is 0 Å². The van der Waals surface area contributed by atoms with Gasteiger partial charge in [0.2, 0.25) is 5.91 Å². The molecule has 0 saturated heterocycles. The summed E-state index contributed by atoms with van der Waals surface area (Å²) in [6, 6.07) is 12.1. The van der Waals surface area contributed by atoms with Crippen molar-refractivity contribution < 1.29 is 23.9 Å². The first-order chi connectivity index (χ1) is 17.2. The van der Waals surface area contributed by atoms with Gasteiger partial charge in [0.15, 0.2) is 0 Å². The topological polar surface area (TPSA) is 131 Å². The van der Waals surface area contributed by atoms with E-state index in [-0.39, 0.29) is 0 Å². The molecule has 2 unspecified atom stereocenters. The summed E-state index contributed by atoms with van der Waals surface area (Å²) in [5.74, 6) is -2.28. The Bertz CT molecular complexity index is 1210. The lowest BCUT2D eigenvalue weighted by atomic mass is 9.98. The Morgan fingerprint density at radius 3 is 2.16 bits per heavy atom. The number of benzene rings is 2. The van der Waals surface area contributed by atoms with Crippen LogP contribution in [0.2, 0.25) is 0 Å². The first-order valence-corrected chi connectivity index (χ1v) is 11.7. The number of para-hydroxylation sites is 1. The van der Waals surface area contributed by atoms with E-state index in [1.54, 1.807) is 45.0 Å². The van der Waals surface area contributed by atoms with Crippen molar-refractivity contribution in [2.45, 2.75) is 65.6 Å². The molecule has 0 bridgehead atoms. The Kier molecular flexibility index (Phi) is 9.44. The molecule has 0 radical (unpaired) electrons. The van der Waals surface area contributed by atoms with Gasteiger partial charge in [-0.2, -0.15) is 0 Å². The Balaban J connectivity index is 2.53. The van der Waals surface area contributed by atoms with Crippen molar-refractivity contribution in [1.29, 1.82) is 0 Å². The summed E-state index contributed by atoms with van der Waals surface area (Å²) in [7, 11) is 0. The van der Waals surface area contributed by atoms with Gasteiger partial charge in [-0.15, -0.1) is 0 Å². The third-order valence-corrected chi connectivity index (χ3v) is 5.24. The molecule has 0 heterocycles. The first-order valence-electron chi connectivity index (χ1n) is 11.7. The lowest BCUT2D eigenvalue weighted by Crippen LogP contribution is -2.52. The van der Waals surface area contributed by atoms with Gasteiger partial charge in [-0.05, 0) is 58.7 Å². The number of nitrogens with zero attached hydrogens (tertiary/aromatic N) is 1. The molecular formula is C28H34N4O5. The number of hydrogen-bond donors (Lipinski definition) is 3. The van der Waals surface area contributed by atoms with Crippen LogP contribution in [-0.2, 0) is 19.1 Å². The molecule has 37 heavy (non-hydrogen) atoms. The Morgan fingerprint density at radius 1 is 1.05 bits per heavy atom. The number of rotatable bonds is 8. The molecule has 0 fully saturated rings. The monoisotopic (exact) mass is 506 g/mol. The number of nitrogens with two attached hydrogens (primary N) is 1. The minimum Gasteiger partial charge on any atom is -0.444 e. The van der Waals surface area contributed by atoms with Crippen LogP contribution < -0.4 is 16.4 Å². The maximum absolute atomic E-state index is 13.6. The number of aryl methyl sites for hydroxylation is 3. The van der Waals surface area contributed by atoms with Gasteiger partial charge < -0.3 is 21.1 Å². The molecule has 196 valence electrons. The molecule has 0 aliphatic carbocycles. The molecule has 0 spiro atoms. The number of carbonyl (C=O) groups excluding carboxylic acids is 4. The van der Waals surface area contributed by atoms with E-state index in [1.807, 2.05) is 39.0 Å². The third kappa shape index (κ3) is 8.39. The van der Waals surface area contributed by atoms with E-state index in [4.69, 9.17) is 16.9 Å². The van der Waals surface area contributed by atoms with Gasteiger partial charge in [0, 0.05) is 11.7 Å². The van der Waals surface area contributed by atoms with Crippen LogP contribution in [0.1, 0.15) is 55.5 Å². The highest BCUT2D eigenvalue weighted by atomic mass is 16.6. The fourth-order valence-corrected chi connectivity index (χ4v) is 3.78. The highest BCUT2D eigenvalue weighted by molar-refractivity contribution is 6.00. The molecule has 2 aromatic carbocycles. The molecule has 0 aromatic heterocycles. The number of anilines is 1. The number of amides is 4. The number of ether oxygens (including phenoxy) is 1. The summed E-state index contributed by atoms with van der Waals surface area (Å²) >= 11 is 0. The number of hydrogen-bond acceptors (Lipinski definition) is 5. The Hall–Kier alpha value is -4.32. The van der Waals surface area contributed by atoms with Gasteiger partial charge in [0.1, 0.15) is 17.7 Å². The van der Waals surface area contributed by atoms with Crippen LogP contribution in [0, 0.1) is 33.2 Å². The van der Waals surface area contributed by atoms with Gasteiger partial charge in [0.25, 0.3) is 11.8 Å². The molecule has 4 amide bonds. The number of alkyl carbamates (subject to hydrolysis) is 1. The summed E-state index contributed by atoms with van der Waals surface area (Å²) in [5.41, 5.74) is 8.03. The molecular weight excluding hydrogens is 472 g/mol. The fourth-order valence-electron chi connectivity index (χ4n) is 3.78. The Morgan fingerprint density at radius 2 is 1.65 bits per heavy atom. The van der Waals surface area contributed by atoms with Gasteiger partial charge in [0.05, 0.1) is 6.42 Å². The van der Waals surface area contributed by atoms with Crippen molar-refractivity contribution in [2.24, 2.45) is 5.73 Å². The van der Waals surface area contributed by atoms with Crippen LogP contribution in [0.25, 0.3) is 0 Å². The molecule has 2 atom stereocenters. The van der Waals surface area contributed by atoms with E-state index >= 15 is 0 Å². The number of terminal acetylenes is 1. The van der Waals surface area contributed by atoms with E-state index in [0.29, 0.717) is 11.3 Å². The average Bonchev–Trinajstić information content (AvgIpc) is 2.75. The smallest absolute Gasteiger partial charge is 0.408 e. The van der Waals surface area contributed by atoms with E-state index < -0.39 is 47.9 Å². The van der Waals surface area contributed by atoms with Crippen LogP contribution in [0.15, 0.2) is 42.5 Å². The van der Waals surface area contributed by atoms with Crippen LogP contribution in [-0.4, -0.2) is 40.4 Å². The summed E-state index contributed by atoms with van der Waals surface area (Å²) < 4.78 is 5.23. The van der Waals surface area contributed by atoms with Crippen LogP contribution in [0.5, 0.6) is 0 Å². The van der Waals surface area contributed by atoms with Crippen molar-refractivity contribution in [3.8, 4) is 12.5 Å². The highest BCUT2D eigenvalue weighted by Gasteiger charge is 2.37. The molecule has 2 aromatic rings. The third-order valence-electron chi connectivity index (χ3n) is 5.24. The normalized spacial score (nSPS) is 12.5. The minimum absolute atomic E-state index is 0.463. The van der Waals surface area contributed by atoms with Crippen molar-refractivity contribution in [2.75, 3.05) is 5.32 Å². The second-order valence-electron chi connectivity index (χ2n) is 9.83. The van der Waals surface area contributed by atoms with Gasteiger partial charge in [-0.25, -0.2) is 4.79 Å². The Labute approximate surface area is 217 Å². The number of primary amides is 1. The largest absolute Gasteiger partial charge is 0.444 e. The molecule has 9 nitrogen and oxygen atoms in total. The second kappa shape index (κ2) is 12.1. The first kappa shape index (κ1) is 28.9. The predicted octanol–water partition coefficient (Wildman–Crippen LogP) is 3.48. The molecule has 2 rings (SSSR count). The summed E-state index contributed by atoms with van der Waals surface area (Å²) in [6.45, 7) is 10.5. The van der Waals surface area contributed by atoms with Gasteiger partial charge >= 0.3 is 6.09 Å². The summed E-state index contributed by atoms with van der Waals surface area (Å²) in [6.07, 6.45) is 4.28. The molecule has 9 heteroatoms. The second-order valence-corrected chi connectivity index (χ2v) is 9.83. The molecule has 0 aliphatic rings.